The third-order valence-corrected chi connectivity index (χ3v) is 13.8. The molecular formula is C61H52N2. The lowest BCUT2D eigenvalue weighted by atomic mass is 9.82. The Labute approximate surface area is 372 Å². The van der Waals surface area contributed by atoms with Gasteiger partial charge in [0, 0.05) is 39.5 Å². The smallest absolute Gasteiger partial charge is 0.0488 e. The molecule has 9 aromatic carbocycles. The van der Waals surface area contributed by atoms with Gasteiger partial charge >= 0.3 is 0 Å². The average Bonchev–Trinajstić information content (AvgIpc) is 3.58. The summed E-state index contributed by atoms with van der Waals surface area (Å²) in [6.45, 7) is 4.74. The first-order valence-electron chi connectivity index (χ1n) is 22.8. The molecule has 2 nitrogen and oxygen atoms in total. The largest absolute Gasteiger partial charge is 0.310 e. The van der Waals surface area contributed by atoms with Crippen molar-refractivity contribution in [3.8, 4) is 33.4 Å². The van der Waals surface area contributed by atoms with Crippen molar-refractivity contribution in [1.29, 1.82) is 0 Å². The van der Waals surface area contributed by atoms with Crippen molar-refractivity contribution in [2.24, 2.45) is 0 Å². The Kier molecular flexibility index (Phi) is 10.0. The summed E-state index contributed by atoms with van der Waals surface area (Å²) in [5, 5.41) is 2.47. The minimum absolute atomic E-state index is 0.138. The molecule has 0 radical (unpaired) electrons. The summed E-state index contributed by atoms with van der Waals surface area (Å²) < 4.78 is 0. The van der Waals surface area contributed by atoms with E-state index in [1.165, 1.54) is 87.4 Å². The van der Waals surface area contributed by atoms with Crippen molar-refractivity contribution in [3.63, 3.8) is 0 Å². The van der Waals surface area contributed by atoms with Gasteiger partial charge < -0.3 is 9.80 Å². The number of benzene rings is 9. The summed E-state index contributed by atoms with van der Waals surface area (Å²) in [5.41, 5.74) is 18.2. The van der Waals surface area contributed by atoms with Crippen LogP contribution < -0.4 is 9.80 Å². The van der Waals surface area contributed by atoms with Crippen LogP contribution in [-0.2, 0) is 5.41 Å². The number of hydrogen-bond donors (Lipinski definition) is 0. The van der Waals surface area contributed by atoms with E-state index in [1.807, 2.05) is 0 Å². The summed E-state index contributed by atoms with van der Waals surface area (Å²) in [6.07, 6.45) is 6.57. The third kappa shape index (κ3) is 7.10. The lowest BCUT2D eigenvalue weighted by Gasteiger charge is -2.31. The highest BCUT2D eigenvalue weighted by atomic mass is 15.2. The van der Waals surface area contributed by atoms with Crippen LogP contribution in [0.25, 0.3) is 44.2 Å². The zero-order chi connectivity index (χ0) is 42.3. The molecule has 0 atom stereocenters. The molecule has 63 heavy (non-hydrogen) atoms. The maximum atomic E-state index is 2.46. The topological polar surface area (TPSA) is 6.48 Å². The van der Waals surface area contributed by atoms with Gasteiger partial charge in [-0.05, 0) is 146 Å². The summed E-state index contributed by atoms with van der Waals surface area (Å²) in [7, 11) is 0. The van der Waals surface area contributed by atoms with Crippen LogP contribution in [0.1, 0.15) is 68.6 Å². The lowest BCUT2D eigenvalue weighted by Crippen LogP contribution is -2.17. The molecule has 306 valence electrons. The first-order valence-corrected chi connectivity index (χ1v) is 22.8. The van der Waals surface area contributed by atoms with Gasteiger partial charge in [0.2, 0.25) is 0 Å². The van der Waals surface area contributed by atoms with Crippen LogP contribution in [0.15, 0.2) is 212 Å². The van der Waals surface area contributed by atoms with Crippen molar-refractivity contribution >= 4 is 44.9 Å². The molecule has 0 bridgehead atoms. The quantitative estimate of drug-likeness (QED) is 0.143. The minimum atomic E-state index is -0.138. The molecule has 1 fully saturated rings. The van der Waals surface area contributed by atoms with E-state index in [-0.39, 0.29) is 5.41 Å². The Morgan fingerprint density at radius 2 is 0.921 bits per heavy atom. The molecule has 0 unspecified atom stereocenters. The van der Waals surface area contributed by atoms with Crippen LogP contribution in [0, 0.1) is 0 Å². The first-order chi connectivity index (χ1) is 31.0. The van der Waals surface area contributed by atoms with E-state index in [9.17, 15) is 0 Å². The Balaban J connectivity index is 1.17. The van der Waals surface area contributed by atoms with Crippen LogP contribution >= 0.6 is 0 Å². The van der Waals surface area contributed by atoms with Crippen LogP contribution in [0.3, 0.4) is 0 Å². The molecule has 11 rings (SSSR count). The molecule has 0 aromatic heterocycles. The summed E-state index contributed by atoms with van der Waals surface area (Å²) in [6, 6.07) is 78.9. The van der Waals surface area contributed by atoms with Gasteiger partial charge in [0.05, 0.1) is 0 Å². The highest BCUT2D eigenvalue weighted by molar-refractivity contribution is 6.05. The van der Waals surface area contributed by atoms with Crippen molar-refractivity contribution in [2.45, 2.75) is 57.3 Å². The molecule has 0 spiro atoms. The van der Waals surface area contributed by atoms with Gasteiger partial charge in [0.25, 0.3) is 0 Å². The second-order valence-electron chi connectivity index (χ2n) is 18.0. The van der Waals surface area contributed by atoms with Gasteiger partial charge in [-0.1, -0.05) is 179 Å². The second-order valence-corrected chi connectivity index (χ2v) is 18.0. The molecule has 0 saturated heterocycles. The molecule has 2 aliphatic rings. The highest BCUT2D eigenvalue weighted by Crippen LogP contribution is 2.52. The fraction of sp³-hybridized carbons (Fsp3) is 0.148. The second kappa shape index (κ2) is 16.3. The van der Waals surface area contributed by atoms with Gasteiger partial charge in [0.1, 0.15) is 0 Å². The zero-order valence-electron chi connectivity index (χ0n) is 36.2. The molecule has 9 aromatic rings. The minimum Gasteiger partial charge on any atom is -0.310 e. The van der Waals surface area contributed by atoms with Crippen molar-refractivity contribution in [2.75, 3.05) is 9.80 Å². The van der Waals surface area contributed by atoms with E-state index in [2.05, 4.69) is 236 Å². The predicted octanol–water partition coefficient (Wildman–Crippen LogP) is 17.5. The highest BCUT2D eigenvalue weighted by Gasteiger charge is 2.36. The van der Waals surface area contributed by atoms with E-state index in [1.54, 1.807) is 0 Å². The molecule has 2 aliphatic carbocycles. The zero-order valence-corrected chi connectivity index (χ0v) is 36.2. The van der Waals surface area contributed by atoms with Crippen molar-refractivity contribution in [3.05, 3.63) is 229 Å². The Morgan fingerprint density at radius 1 is 0.381 bits per heavy atom. The SMILES string of the molecule is CC1(C)c2ccccc2-c2ccc(N(c3ccccc3)c3cc(-c4ccc5ccccc5c4-c4ccccc4)cc(N(c4ccccc4)c4ccc(C5CCCCC5)cc4)c3)cc21. The lowest BCUT2D eigenvalue weighted by molar-refractivity contribution is 0.443. The van der Waals surface area contributed by atoms with Gasteiger partial charge in [-0.25, -0.2) is 0 Å². The number of para-hydroxylation sites is 2. The summed E-state index contributed by atoms with van der Waals surface area (Å²) in [5.74, 6) is 0.640. The molecule has 0 heterocycles. The Morgan fingerprint density at radius 3 is 1.62 bits per heavy atom. The van der Waals surface area contributed by atoms with Gasteiger partial charge in [-0.2, -0.15) is 0 Å². The standard InChI is InChI=1S/C61H52N2/c1-61(2)58-30-18-17-29-56(58)57-38-36-51(42-59(57)61)63(49-26-13-6-14-27-49)53-40-47(55-37-33-45-21-15-16-28-54(45)60(55)46-22-9-4-10-23-46)39-52(41-53)62(48-24-11-5-12-25-48)50-34-31-44(32-35-50)43-19-7-3-8-20-43/h4-6,9-18,21-43H,3,7-8,19-20H2,1-2H3. The van der Waals surface area contributed by atoms with Crippen LogP contribution in [0.2, 0.25) is 0 Å². The van der Waals surface area contributed by atoms with E-state index in [0.717, 1.165) is 39.7 Å². The third-order valence-electron chi connectivity index (χ3n) is 13.8. The molecule has 0 amide bonds. The number of fused-ring (bicyclic) bond motifs is 4. The van der Waals surface area contributed by atoms with Crippen LogP contribution in [0.4, 0.5) is 34.1 Å². The van der Waals surface area contributed by atoms with E-state index in [4.69, 9.17) is 0 Å². The number of hydrogen-bond acceptors (Lipinski definition) is 2. The maximum Gasteiger partial charge on any atom is 0.0488 e. The molecule has 0 aliphatic heterocycles. The summed E-state index contributed by atoms with van der Waals surface area (Å²) in [4.78, 5) is 4.91. The monoisotopic (exact) mass is 812 g/mol. The van der Waals surface area contributed by atoms with Gasteiger partial charge in [0.15, 0.2) is 0 Å². The normalized spacial score (nSPS) is 14.3. The number of anilines is 6. The fourth-order valence-electron chi connectivity index (χ4n) is 10.6. The van der Waals surface area contributed by atoms with E-state index in [0.29, 0.717) is 5.92 Å². The van der Waals surface area contributed by atoms with Crippen molar-refractivity contribution < 1.29 is 0 Å². The average molecular weight is 813 g/mol. The molecular weight excluding hydrogens is 761 g/mol. The number of nitrogens with zero attached hydrogens (tertiary/aromatic N) is 2. The van der Waals surface area contributed by atoms with Gasteiger partial charge in [-0.3, -0.25) is 0 Å². The Hall–Kier alpha value is -7.16. The maximum absolute atomic E-state index is 2.46. The van der Waals surface area contributed by atoms with E-state index < -0.39 is 0 Å². The summed E-state index contributed by atoms with van der Waals surface area (Å²) >= 11 is 0. The van der Waals surface area contributed by atoms with Crippen molar-refractivity contribution in [1.82, 2.24) is 0 Å². The van der Waals surface area contributed by atoms with Crippen LogP contribution in [-0.4, -0.2) is 0 Å². The van der Waals surface area contributed by atoms with Gasteiger partial charge in [-0.15, -0.1) is 0 Å². The van der Waals surface area contributed by atoms with E-state index >= 15 is 0 Å². The first kappa shape index (κ1) is 38.7. The fourth-order valence-corrected chi connectivity index (χ4v) is 10.6. The predicted molar refractivity (Wildman–Crippen MR) is 268 cm³/mol. The van der Waals surface area contributed by atoms with Crippen LogP contribution in [0.5, 0.6) is 0 Å². The molecule has 2 heteroatoms. The molecule has 1 saturated carbocycles. The number of rotatable bonds is 9. The molecule has 0 N–H and O–H groups in total. The Bertz CT molecular complexity index is 3050.